The molecule has 0 unspecified atom stereocenters. The predicted octanol–water partition coefficient (Wildman–Crippen LogP) is 2.92. The predicted molar refractivity (Wildman–Crippen MR) is 80.8 cm³/mol. The van der Waals surface area contributed by atoms with Crippen LogP contribution in [0.1, 0.15) is 43.5 Å². The van der Waals surface area contributed by atoms with Gasteiger partial charge in [0.25, 0.3) is 5.91 Å². The SMILES string of the molecule is C[C@H]1[C@@H](NC(=O)COC(=O)c2cccc(F)c2)CCC[C@@H]1C. The molecule has 1 amide bonds. The van der Waals surface area contributed by atoms with Gasteiger partial charge in [0.2, 0.25) is 0 Å². The highest BCUT2D eigenvalue weighted by atomic mass is 19.1. The van der Waals surface area contributed by atoms with Crippen molar-refractivity contribution in [3.63, 3.8) is 0 Å². The molecule has 0 heterocycles. The molecule has 1 aliphatic rings. The summed E-state index contributed by atoms with van der Waals surface area (Å²) in [6.07, 6.45) is 3.23. The molecule has 0 aliphatic heterocycles. The first-order valence-corrected chi connectivity index (χ1v) is 7.69. The van der Waals surface area contributed by atoms with E-state index in [-0.39, 0.29) is 24.1 Å². The molecule has 22 heavy (non-hydrogen) atoms. The van der Waals surface area contributed by atoms with E-state index in [4.69, 9.17) is 4.74 Å². The standard InChI is InChI=1S/C17H22FNO3/c1-11-5-3-8-15(12(11)2)19-16(20)10-22-17(21)13-6-4-7-14(18)9-13/h4,6-7,9,11-12,15H,3,5,8,10H2,1-2H3,(H,19,20)/t11-,12+,15-/m0/s1. The third kappa shape index (κ3) is 4.29. The molecule has 2 rings (SSSR count). The van der Waals surface area contributed by atoms with Crippen LogP contribution >= 0.6 is 0 Å². The number of carbonyl (C=O) groups is 2. The lowest BCUT2D eigenvalue weighted by molar-refractivity contribution is -0.125. The number of hydrogen-bond donors (Lipinski definition) is 1. The minimum absolute atomic E-state index is 0.104. The lowest BCUT2D eigenvalue weighted by Gasteiger charge is -2.34. The number of carbonyl (C=O) groups excluding carboxylic acids is 2. The summed E-state index contributed by atoms with van der Waals surface area (Å²) in [6.45, 7) is 3.98. The third-order valence-electron chi connectivity index (χ3n) is 4.45. The molecule has 3 atom stereocenters. The molecule has 1 aliphatic carbocycles. The number of ether oxygens (including phenoxy) is 1. The van der Waals surface area contributed by atoms with Crippen molar-refractivity contribution in [2.75, 3.05) is 6.61 Å². The number of benzene rings is 1. The van der Waals surface area contributed by atoms with Gasteiger partial charge < -0.3 is 10.1 Å². The number of nitrogens with one attached hydrogen (secondary N) is 1. The summed E-state index contributed by atoms with van der Waals surface area (Å²) in [6, 6.07) is 5.34. The Kier molecular flexibility index (Phi) is 5.52. The van der Waals surface area contributed by atoms with Gasteiger partial charge in [-0.3, -0.25) is 4.79 Å². The minimum atomic E-state index is -0.695. The maximum atomic E-state index is 13.0. The fraction of sp³-hybridized carbons (Fsp3) is 0.529. The van der Waals surface area contributed by atoms with Gasteiger partial charge in [0.15, 0.2) is 6.61 Å². The smallest absolute Gasteiger partial charge is 0.338 e. The quantitative estimate of drug-likeness (QED) is 0.870. The van der Waals surface area contributed by atoms with Crippen molar-refractivity contribution in [1.29, 1.82) is 0 Å². The molecule has 0 bridgehead atoms. The lowest BCUT2D eigenvalue weighted by atomic mass is 9.78. The van der Waals surface area contributed by atoms with Crippen LogP contribution in [0.4, 0.5) is 4.39 Å². The number of hydrogen-bond acceptors (Lipinski definition) is 3. The molecule has 1 N–H and O–H groups in total. The Hall–Kier alpha value is -1.91. The summed E-state index contributed by atoms with van der Waals surface area (Å²) in [5, 5.41) is 2.93. The fourth-order valence-corrected chi connectivity index (χ4v) is 2.86. The van der Waals surface area contributed by atoms with Gasteiger partial charge >= 0.3 is 5.97 Å². The molecule has 1 fully saturated rings. The lowest BCUT2D eigenvalue weighted by Crippen LogP contribution is -2.45. The molecule has 0 radical (unpaired) electrons. The van der Waals surface area contributed by atoms with E-state index in [1.54, 1.807) is 0 Å². The number of esters is 1. The Morgan fingerprint density at radius 3 is 2.82 bits per heavy atom. The number of rotatable bonds is 4. The van der Waals surface area contributed by atoms with E-state index in [2.05, 4.69) is 19.2 Å². The normalized spacial score (nSPS) is 24.6. The zero-order valence-corrected chi connectivity index (χ0v) is 13.0. The maximum absolute atomic E-state index is 13.0. The van der Waals surface area contributed by atoms with Gasteiger partial charge in [0.1, 0.15) is 5.82 Å². The largest absolute Gasteiger partial charge is 0.452 e. The molecule has 1 saturated carbocycles. The topological polar surface area (TPSA) is 55.4 Å². The van der Waals surface area contributed by atoms with Crippen LogP contribution in [0, 0.1) is 17.7 Å². The molecule has 0 aromatic heterocycles. The van der Waals surface area contributed by atoms with E-state index in [1.807, 2.05) is 0 Å². The van der Waals surface area contributed by atoms with E-state index >= 15 is 0 Å². The first-order chi connectivity index (χ1) is 10.5. The van der Waals surface area contributed by atoms with Crippen LogP contribution in [0.25, 0.3) is 0 Å². The van der Waals surface area contributed by atoms with Gasteiger partial charge in [0, 0.05) is 6.04 Å². The Morgan fingerprint density at radius 1 is 1.32 bits per heavy atom. The van der Waals surface area contributed by atoms with Crippen molar-refractivity contribution in [2.45, 2.75) is 39.2 Å². The van der Waals surface area contributed by atoms with Crippen molar-refractivity contribution in [3.8, 4) is 0 Å². The minimum Gasteiger partial charge on any atom is -0.452 e. The highest BCUT2D eigenvalue weighted by Gasteiger charge is 2.28. The average Bonchev–Trinajstić information content (AvgIpc) is 2.49. The van der Waals surface area contributed by atoms with Crippen molar-refractivity contribution < 1.29 is 18.7 Å². The van der Waals surface area contributed by atoms with Crippen molar-refractivity contribution in [2.24, 2.45) is 11.8 Å². The van der Waals surface area contributed by atoms with Crippen molar-refractivity contribution in [1.82, 2.24) is 5.32 Å². The molecule has 1 aromatic carbocycles. The molecular weight excluding hydrogens is 285 g/mol. The molecule has 4 nitrogen and oxygen atoms in total. The first-order valence-electron chi connectivity index (χ1n) is 7.69. The van der Waals surface area contributed by atoms with Crippen LogP contribution < -0.4 is 5.32 Å². The summed E-state index contributed by atoms with van der Waals surface area (Å²) >= 11 is 0. The summed E-state index contributed by atoms with van der Waals surface area (Å²) < 4.78 is 18.0. The van der Waals surface area contributed by atoms with Gasteiger partial charge in [-0.05, 0) is 36.5 Å². The second-order valence-corrected chi connectivity index (χ2v) is 6.03. The van der Waals surface area contributed by atoms with Gasteiger partial charge in [-0.2, -0.15) is 0 Å². The van der Waals surface area contributed by atoms with Gasteiger partial charge in [-0.1, -0.05) is 32.8 Å². The summed E-state index contributed by atoms with van der Waals surface area (Å²) in [4.78, 5) is 23.6. The van der Waals surface area contributed by atoms with E-state index in [1.165, 1.54) is 24.6 Å². The average molecular weight is 307 g/mol. The van der Waals surface area contributed by atoms with Crippen LogP contribution in [0.5, 0.6) is 0 Å². The Morgan fingerprint density at radius 2 is 2.09 bits per heavy atom. The Bertz CT molecular complexity index is 546. The first kappa shape index (κ1) is 16.5. The maximum Gasteiger partial charge on any atom is 0.338 e. The molecule has 5 heteroatoms. The third-order valence-corrected chi connectivity index (χ3v) is 4.45. The highest BCUT2D eigenvalue weighted by Crippen LogP contribution is 2.29. The zero-order chi connectivity index (χ0) is 16.1. The number of amides is 1. The number of halogens is 1. The highest BCUT2D eigenvalue weighted by molar-refractivity contribution is 5.91. The molecular formula is C17H22FNO3. The zero-order valence-electron chi connectivity index (χ0n) is 13.0. The van der Waals surface area contributed by atoms with Crippen molar-refractivity contribution in [3.05, 3.63) is 35.6 Å². The van der Waals surface area contributed by atoms with Crippen LogP contribution in [0.3, 0.4) is 0 Å². The van der Waals surface area contributed by atoms with E-state index in [0.29, 0.717) is 11.8 Å². The Labute approximate surface area is 130 Å². The van der Waals surface area contributed by atoms with E-state index < -0.39 is 11.8 Å². The van der Waals surface area contributed by atoms with Gasteiger partial charge in [-0.25, -0.2) is 9.18 Å². The second kappa shape index (κ2) is 7.38. The molecule has 0 spiro atoms. The van der Waals surface area contributed by atoms with Gasteiger partial charge in [0.05, 0.1) is 5.56 Å². The molecule has 1 aromatic rings. The molecule has 0 saturated heterocycles. The van der Waals surface area contributed by atoms with Crippen LogP contribution in [0.15, 0.2) is 24.3 Å². The van der Waals surface area contributed by atoms with E-state index in [9.17, 15) is 14.0 Å². The second-order valence-electron chi connectivity index (χ2n) is 6.03. The Balaban J connectivity index is 1.81. The van der Waals surface area contributed by atoms with Crippen LogP contribution in [-0.4, -0.2) is 24.5 Å². The molecule has 120 valence electrons. The fourth-order valence-electron chi connectivity index (χ4n) is 2.86. The van der Waals surface area contributed by atoms with Crippen LogP contribution in [-0.2, 0) is 9.53 Å². The van der Waals surface area contributed by atoms with Crippen molar-refractivity contribution >= 4 is 11.9 Å². The summed E-state index contributed by atoms with van der Waals surface area (Å²) in [7, 11) is 0. The summed E-state index contributed by atoms with van der Waals surface area (Å²) in [5.41, 5.74) is 0.104. The van der Waals surface area contributed by atoms with Crippen LogP contribution in [0.2, 0.25) is 0 Å². The van der Waals surface area contributed by atoms with E-state index in [0.717, 1.165) is 18.9 Å². The monoisotopic (exact) mass is 307 g/mol. The summed E-state index contributed by atoms with van der Waals surface area (Å²) in [5.74, 6) is -0.523. The van der Waals surface area contributed by atoms with Gasteiger partial charge in [-0.15, -0.1) is 0 Å².